The van der Waals surface area contributed by atoms with Gasteiger partial charge in [0.05, 0.1) is 6.20 Å². The van der Waals surface area contributed by atoms with Crippen LogP contribution in [0.15, 0.2) is 34.0 Å². The molecule has 0 aromatic carbocycles. The lowest BCUT2D eigenvalue weighted by molar-refractivity contribution is 0.236. The van der Waals surface area contributed by atoms with E-state index < -0.39 is 10.0 Å². The number of aromatic nitrogens is 2. The molecule has 0 aliphatic heterocycles. The first-order valence-electron chi connectivity index (χ1n) is 5.68. The molecule has 0 radical (unpaired) electrons. The molecule has 0 aliphatic carbocycles. The highest BCUT2D eigenvalue weighted by Crippen LogP contribution is 2.13. The molecule has 2 aromatic heterocycles. The number of nitrogens with zero attached hydrogens (tertiary/aromatic N) is 2. The summed E-state index contributed by atoms with van der Waals surface area (Å²) in [4.78, 5) is 0. The van der Waals surface area contributed by atoms with Gasteiger partial charge in [-0.2, -0.15) is 5.10 Å². The minimum Gasteiger partial charge on any atom is -0.446 e. The topological polar surface area (TPSA) is 97.4 Å². The highest BCUT2D eigenvalue weighted by molar-refractivity contribution is 7.89. The Labute approximate surface area is 110 Å². The highest BCUT2D eigenvalue weighted by atomic mass is 32.2. The highest BCUT2D eigenvalue weighted by Gasteiger charge is 2.18. The zero-order valence-corrected chi connectivity index (χ0v) is 11.2. The molecule has 0 saturated heterocycles. The van der Waals surface area contributed by atoms with E-state index in [0.29, 0.717) is 6.42 Å². The van der Waals surface area contributed by atoms with Crippen LogP contribution in [0.1, 0.15) is 11.3 Å². The predicted octanol–water partition coefficient (Wildman–Crippen LogP) is 0.0264. The minimum atomic E-state index is -3.67. The fraction of sp³-hybridized carbons (Fsp3) is 0.364. The average molecular weight is 285 g/mol. The second-order valence-corrected chi connectivity index (χ2v) is 5.75. The maximum atomic E-state index is 11.8. The van der Waals surface area contributed by atoms with Crippen LogP contribution >= 0.6 is 0 Å². The van der Waals surface area contributed by atoms with E-state index in [1.807, 2.05) is 6.20 Å². The van der Waals surface area contributed by atoms with Crippen molar-refractivity contribution in [3.05, 3.63) is 35.9 Å². The van der Waals surface area contributed by atoms with Gasteiger partial charge in [0.15, 0.2) is 0 Å². The molecule has 0 bridgehead atoms. The van der Waals surface area contributed by atoms with Crippen molar-refractivity contribution in [3.63, 3.8) is 0 Å². The van der Waals surface area contributed by atoms with E-state index in [1.54, 1.807) is 17.9 Å². The lowest BCUT2D eigenvalue weighted by Crippen LogP contribution is -2.25. The summed E-state index contributed by atoms with van der Waals surface area (Å²) >= 11 is 0. The normalized spacial score (nSPS) is 11.9. The van der Waals surface area contributed by atoms with Gasteiger partial charge in [0.2, 0.25) is 5.09 Å². The van der Waals surface area contributed by atoms with Gasteiger partial charge < -0.3 is 9.52 Å². The lowest BCUT2D eigenvalue weighted by Gasteiger charge is -2.02. The number of aryl methyl sites for hydroxylation is 1. The molecule has 2 aromatic rings. The Morgan fingerprint density at radius 3 is 2.84 bits per heavy atom. The summed E-state index contributed by atoms with van der Waals surface area (Å²) in [5.74, 6) is 0.215. The monoisotopic (exact) mass is 285 g/mol. The van der Waals surface area contributed by atoms with Gasteiger partial charge in [-0.15, -0.1) is 0 Å². The van der Waals surface area contributed by atoms with Crippen molar-refractivity contribution in [2.45, 2.75) is 18.1 Å². The molecule has 0 aliphatic rings. The van der Waals surface area contributed by atoms with Crippen LogP contribution in [0.5, 0.6) is 0 Å². The van der Waals surface area contributed by atoms with E-state index in [2.05, 4.69) is 9.82 Å². The molecule has 19 heavy (non-hydrogen) atoms. The molecule has 2 rings (SSSR count). The Morgan fingerprint density at radius 1 is 1.47 bits per heavy atom. The Hall–Kier alpha value is -1.64. The van der Waals surface area contributed by atoms with Gasteiger partial charge in [-0.05, 0) is 24.1 Å². The summed E-state index contributed by atoms with van der Waals surface area (Å²) in [6.45, 7) is -0.0750. The zero-order chi connectivity index (χ0) is 13.9. The summed E-state index contributed by atoms with van der Waals surface area (Å²) in [6, 6.07) is 2.74. The van der Waals surface area contributed by atoms with Gasteiger partial charge in [-0.1, -0.05) is 0 Å². The first-order valence-corrected chi connectivity index (χ1v) is 7.16. The summed E-state index contributed by atoms with van der Waals surface area (Å²) in [5.41, 5.74) is 0.945. The molecule has 0 amide bonds. The Kier molecular flexibility index (Phi) is 4.03. The number of hydrogen-bond acceptors (Lipinski definition) is 5. The van der Waals surface area contributed by atoms with Crippen LogP contribution in [0.4, 0.5) is 0 Å². The first kappa shape index (κ1) is 13.8. The maximum absolute atomic E-state index is 11.8. The third-order valence-corrected chi connectivity index (χ3v) is 3.86. The van der Waals surface area contributed by atoms with Crippen LogP contribution < -0.4 is 4.72 Å². The lowest BCUT2D eigenvalue weighted by atomic mass is 10.3. The van der Waals surface area contributed by atoms with Crippen LogP contribution in [-0.2, 0) is 30.1 Å². The molecule has 0 spiro atoms. The number of rotatable bonds is 6. The van der Waals surface area contributed by atoms with Gasteiger partial charge in [0.25, 0.3) is 10.0 Å². The van der Waals surface area contributed by atoms with E-state index in [9.17, 15) is 8.42 Å². The first-order chi connectivity index (χ1) is 9.01. The predicted molar refractivity (Wildman–Crippen MR) is 66.7 cm³/mol. The quantitative estimate of drug-likeness (QED) is 0.780. The van der Waals surface area contributed by atoms with Crippen LogP contribution in [0.3, 0.4) is 0 Å². The van der Waals surface area contributed by atoms with Gasteiger partial charge in [-0.3, -0.25) is 4.68 Å². The molecular weight excluding hydrogens is 270 g/mol. The zero-order valence-electron chi connectivity index (χ0n) is 10.4. The largest absolute Gasteiger partial charge is 0.446 e. The molecule has 2 N–H and O–H groups in total. The third-order valence-electron chi connectivity index (χ3n) is 2.52. The van der Waals surface area contributed by atoms with Crippen LogP contribution in [-0.4, -0.2) is 29.8 Å². The Balaban J connectivity index is 1.94. The third kappa shape index (κ3) is 3.43. The molecule has 0 fully saturated rings. The van der Waals surface area contributed by atoms with Crippen LogP contribution in [0.2, 0.25) is 0 Å². The number of aliphatic hydroxyl groups is 1. The standard InChI is InChI=1S/C11H15N3O4S/c1-14-7-9(6-12-14)4-5-13-19(16,17)11-3-2-10(8-15)18-11/h2-3,6-7,13,15H,4-5,8H2,1H3. The Morgan fingerprint density at radius 2 is 2.26 bits per heavy atom. The van der Waals surface area contributed by atoms with Gasteiger partial charge in [0.1, 0.15) is 12.4 Å². The van der Waals surface area contributed by atoms with Gasteiger partial charge in [-0.25, -0.2) is 13.1 Å². The van der Waals surface area contributed by atoms with Crippen LogP contribution in [0, 0.1) is 0 Å². The van der Waals surface area contributed by atoms with Gasteiger partial charge >= 0.3 is 0 Å². The number of nitrogens with one attached hydrogen (secondary N) is 1. The second-order valence-electron chi connectivity index (χ2n) is 4.05. The maximum Gasteiger partial charge on any atom is 0.273 e. The molecule has 0 unspecified atom stereocenters. The minimum absolute atomic E-state index is 0.192. The van der Waals surface area contributed by atoms with Crippen molar-refractivity contribution in [1.29, 1.82) is 0 Å². The number of aliphatic hydroxyl groups excluding tert-OH is 1. The summed E-state index contributed by atoms with van der Waals surface area (Å²) in [6.07, 6.45) is 4.05. The van der Waals surface area contributed by atoms with Crippen molar-refractivity contribution >= 4 is 10.0 Å². The molecule has 2 heterocycles. The number of hydrogen-bond donors (Lipinski definition) is 2. The summed E-state index contributed by atoms with van der Waals surface area (Å²) < 4.78 is 32.8. The smallest absolute Gasteiger partial charge is 0.273 e. The summed E-state index contributed by atoms with van der Waals surface area (Å²) in [5, 5.41) is 12.6. The molecule has 104 valence electrons. The van der Waals surface area contributed by atoms with E-state index in [-0.39, 0.29) is 24.0 Å². The van der Waals surface area contributed by atoms with E-state index >= 15 is 0 Å². The molecule has 8 heteroatoms. The van der Waals surface area contributed by atoms with Crippen molar-refractivity contribution in [1.82, 2.24) is 14.5 Å². The summed E-state index contributed by atoms with van der Waals surface area (Å²) in [7, 11) is -1.87. The van der Waals surface area contributed by atoms with E-state index in [4.69, 9.17) is 9.52 Å². The average Bonchev–Trinajstić information content (AvgIpc) is 2.98. The fourth-order valence-corrected chi connectivity index (χ4v) is 2.57. The van der Waals surface area contributed by atoms with Crippen molar-refractivity contribution in [3.8, 4) is 0 Å². The van der Waals surface area contributed by atoms with Crippen LogP contribution in [0.25, 0.3) is 0 Å². The van der Waals surface area contributed by atoms with Gasteiger partial charge in [0, 0.05) is 19.8 Å². The number of sulfonamides is 1. The molecular formula is C11H15N3O4S. The van der Waals surface area contributed by atoms with Crippen molar-refractivity contribution < 1.29 is 17.9 Å². The fourth-order valence-electron chi connectivity index (χ4n) is 1.59. The van der Waals surface area contributed by atoms with E-state index in [1.165, 1.54) is 12.1 Å². The van der Waals surface area contributed by atoms with E-state index in [0.717, 1.165) is 5.56 Å². The SMILES string of the molecule is Cn1cc(CCNS(=O)(=O)c2ccc(CO)o2)cn1. The molecule has 7 nitrogen and oxygen atoms in total. The Bertz CT molecular complexity index is 644. The molecule has 0 atom stereocenters. The number of furan rings is 1. The molecule has 0 saturated carbocycles. The second kappa shape index (κ2) is 5.55. The van der Waals surface area contributed by atoms with Crippen molar-refractivity contribution in [2.24, 2.45) is 7.05 Å². The van der Waals surface area contributed by atoms with Crippen molar-refractivity contribution in [2.75, 3.05) is 6.54 Å².